The Morgan fingerprint density at radius 1 is 1.00 bits per heavy atom. The van der Waals surface area contributed by atoms with E-state index in [1.165, 1.54) is 0 Å². The van der Waals surface area contributed by atoms with E-state index in [2.05, 4.69) is 25.5 Å². The van der Waals surface area contributed by atoms with Gasteiger partial charge in [0.2, 0.25) is 5.91 Å². The van der Waals surface area contributed by atoms with Crippen LogP contribution in [0, 0.1) is 6.92 Å². The first kappa shape index (κ1) is 21.6. The molecule has 1 saturated carbocycles. The maximum Gasteiger partial charge on any atom is 0.315 e. The molecule has 0 saturated heterocycles. The van der Waals surface area contributed by atoms with Gasteiger partial charge in [-0.1, -0.05) is 55.3 Å². The Hall–Kier alpha value is -3.61. The first-order valence-corrected chi connectivity index (χ1v) is 11.0. The monoisotopic (exact) mass is 431 g/mol. The predicted octanol–water partition coefficient (Wildman–Crippen LogP) is 3.99. The number of hydrogen-bond acceptors (Lipinski definition) is 3. The fourth-order valence-corrected chi connectivity index (χ4v) is 4.14. The Bertz CT molecular complexity index is 1050. The van der Waals surface area contributed by atoms with Gasteiger partial charge >= 0.3 is 6.03 Å². The van der Waals surface area contributed by atoms with Crippen LogP contribution in [0.1, 0.15) is 42.6 Å². The van der Waals surface area contributed by atoms with Gasteiger partial charge in [0.1, 0.15) is 11.4 Å². The molecular formula is C25H29N5O2. The maximum absolute atomic E-state index is 13.2. The summed E-state index contributed by atoms with van der Waals surface area (Å²) in [6.07, 6.45) is 6.83. The largest absolute Gasteiger partial charge is 0.334 e. The van der Waals surface area contributed by atoms with Crippen LogP contribution in [-0.4, -0.2) is 27.0 Å². The summed E-state index contributed by atoms with van der Waals surface area (Å²) in [4.78, 5) is 30.0. The van der Waals surface area contributed by atoms with Gasteiger partial charge in [0.15, 0.2) is 0 Å². The average molecular weight is 432 g/mol. The number of amides is 3. The minimum absolute atomic E-state index is 0.164. The second-order valence-electron chi connectivity index (χ2n) is 8.34. The molecule has 0 bridgehead atoms. The Morgan fingerprint density at radius 2 is 1.72 bits per heavy atom. The predicted molar refractivity (Wildman–Crippen MR) is 124 cm³/mol. The molecule has 1 aromatic heterocycles. The summed E-state index contributed by atoms with van der Waals surface area (Å²) < 4.78 is 2.07. The van der Waals surface area contributed by atoms with Crippen molar-refractivity contribution in [1.29, 1.82) is 0 Å². The van der Waals surface area contributed by atoms with E-state index in [4.69, 9.17) is 0 Å². The SMILES string of the molecule is Cc1nccn1Cc1ccc(NC(=O)C2(NC(=O)NCc3ccccc3)CCCC2)cc1. The van der Waals surface area contributed by atoms with Crippen molar-refractivity contribution in [2.24, 2.45) is 0 Å². The number of aromatic nitrogens is 2. The van der Waals surface area contributed by atoms with Crippen LogP contribution < -0.4 is 16.0 Å². The second kappa shape index (κ2) is 9.68. The highest BCUT2D eigenvalue weighted by atomic mass is 16.2. The van der Waals surface area contributed by atoms with Gasteiger partial charge in [-0.2, -0.15) is 0 Å². The molecule has 3 N–H and O–H groups in total. The van der Waals surface area contributed by atoms with E-state index in [1.807, 2.05) is 67.7 Å². The Morgan fingerprint density at radius 3 is 2.38 bits per heavy atom. The summed E-state index contributed by atoms with van der Waals surface area (Å²) in [6, 6.07) is 17.2. The zero-order chi connectivity index (χ0) is 22.4. The summed E-state index contributed by atoms with van der Waals surface area (Å²) in [7, 11) is 0. The summed E-state index contributed by atoms with van der Waals surface area (Å²) in [5.74, 6) is 0.797. The number of aryl methyl sites for hydroxylation is 1. The van der Waals surface area contributed by atoms with Gasteiger partial charge in [-0.3, -0.25) is 4.79 Å². The molecule has 1 aliphatic rings. The minimum Gasteiger partial charge on any atom is -0.334 e. The molecule has 0 radical (unpaired) electrons. The lowest BCUT2D eigenvalue weighted by atomic mass is 9.96. The number of benzene rings is 2. The van der Waals surface area contributed by atoms with Crippen molar-refractivity contribution in [3.8, 4) is 0 Å². The van der Waals surface area contributed by atoms with Crippen LogP contribution in [-0.2, 0) is 17.9 Å². The topological polar surface area (TPSA) is 88.1 Å². The van der Waals surface area contributed by atoms with E-state index < -0.39 is 5.54 Å². The number of nitrogens with one attached hydrogen (secondary N) is 3. The van der Waals surface area contributed by atoms with Crippen molar-refractivity contribution in [3.05, 3.63) is 83.9 Å². The fraction of sp³-hybridized carbons (Fsp3) is 0.320. The van der Waals surface area contributed by atoms with Gasteiger partial charge in [-0.05, 0) is 43.0 Å². The zero-order valence-electron chi connectivity index (χ0n) is 18.3. The van der Waals surface area contributed by atoms with E-state index >= 15 is 0 Å². The highest BCUT2D eigenvalue weighted by molar-refractivity contribution is 6.00. The van der Waals surface area contributed by atoms with Crippen LogP contribution in [0.25, 0.3) is 0 Å². The number of carbonyl (C=O) groups is 2. The quantitative estimate of drug-likeness (QED) is 0.529. The molecule has 0 atom stereocenters. The molecule has 0 aliphatic heterocycles. The molecule has 7 nitrogen and oxygen atoms in total. The summed E-state index contributed by atoms with van der Waals surface area (Å²) in [6.45, 7) is 3.12. The summed E-state index contributed by atoms with van der Waals surface area (Å²) in [5.41, 5.74) is 1.98. The summed E-state index contributed by atoms with van der Waals surface area (Å²) in [5, 5.41) is 8.82. The molecule has 0 unspecified atom stereocenters. The second-order valence-corrected chi connectivity index (χ2v) is 8.34. The Kier molecular flexibility index (Phi) is 6.54. The summed E-state index contributed by atoms with van der Waals surface area (Å²) >= 11 is 0. The molecule has 166 valence electrons. The number of carbonyl (C=O) groups excluding carboxylic acids is 2. The lowest BCUT2D eigenvalue weighted by Gasteiger charge is -2.29. The number of urea groups is 1. The molecule has 4 rings (SSSR count). The van der Waals surface area contributed by atoms with Gasteiger partial charge in [0.05, 0.1) is 0 Å². The third kappa shape index (κ3) is 5.17. The standard InChI is InChI=1S/C25H29N5O2/c1-19-26-15-16-30(19)18-21-9-11-22(12-10-21)28-23(31)25(13-5-6-14-25)29-24(32)27-17-20-7-3-2-4-8-20/h2-4,7-12,15-16H,5-6,13-14,17-18H2,1H3,(H,28,31)(H2,27,29,32). The highest BCUT2D eigenvalue weighted by Crippen LogP contribution is 2.31. The molecule has 3 aromatic rings. The van der Waals surface area contributed by atoms with E-state index in [-0.39, 0.29) is 11.9 Å². The number of nitrogens with zero attached hydrogens (tertiary/aromatic N) is 2. The van der Waals surface area contributed by atoms with Crippen LogP contribution in [0.4, 0.5) is 10.5 Å². The van der Waals surface area contributed by atoms with Gasteiger partial charge < -0.3 is 20.5 Å². The van der Waals surface area contributed by atoms with Crippen molar-refractivity contribution in [1.82, 2.24) is 20.2 Å². The number of anilines is 1. The van der Waals surface area contributed by atoms with E-state index in [0.717, 1.165) is 42.0 Å². The van der Waals surface area contributed by atoms with Crippen molar-refractivity contribution in [2.45, 2.75) is 51.2 Å². The molecule has 32 heavy (non-hydrogen) atoms. The van der Waals surface area contributed by atoms with Crippen LogP contribution >= 0.6 is 0 Å². The molecule has 2 aromatic carbocycles. The number of imidazole rings is 1. The van der Waals surface area contributed by atoms with Crippen LogP contribution in [0.2, 0.25) is 0 Å². The third-order valence-corrected chi connectivity index (χ3v) is 6.03. The van der Waals surface area contributed by atoms with Gasteiger partial charge in [-0.25, -0.2) is 9.78 Å². The molecule has 1 heterocycles. The van der Waals surface area contributed by atoms with Gasteiger partial charge in [0, 0.05) is 31.2 Å². The van der Waals surface area contributed by atoms with E-state index in [0.29, 0.717) is 19.4 Å². The minimum atomic E-state index is -0.882. The van der Waals surface area contributed by atoms with E-state index in [1.54, 1.807) is 6.20 Å². The molecule has 7 heteroatoms. The first-order valence-electron chi connectivity index (χ1n) is 11.0. The lowest BCUT2D eigenvalue weighted by Crippen LogP contribution is -2.57. The first-order chi connectivity index (χ1) is 15.5. The lowest BCUT2D eigenvalue weighted by molar-refractivity contribution is -0.121. The Labute approximate surface area is 188 Å². The van der Waals surface area contributed by atoms with Crippen LogP contribution in [0.5, 0.6) is 0 Å². The van der Waals surface area contributed by atoms with Crippen molar-refractivity contribution in [2.75, 3.05) is 5.32 Å². The molecular weight excluding hydrogens is 402 g/mol. The third-order valence-electron chi connectivity index (χ3n) is 6.03. The molecule has 0 spiro atoms. The van der Waals surface area contributed by atoms with Crippen molar-refractivity contribution >= 4 is 17.6 Å². The zero-order valence-corrected chi connectivity index (χ0v) is 18.3. The smallest absolute Gasteiger partial charge is 0.315 e. The van der Waals surface area contributed by atoms with Gasteiger partial charge in [-0.15, -0.1) is 0 Å². The maximum atomic E-state index is 13.2. The number of rotatable bonds is 7. The number of hydrogen-bond donors (Lipinski definition) is 3. The van der Waals surface area contributed by atoms with Crippen LogP contribution in [0.3, 0.4) is 0 Å². The van der Waals surface area contributed by atoms with E-state index in [9.17, 15) is 9.59 Å². The highest BCUT2D eigenvalue weighted by Gasteiger charge is 2.42. The van der Waals surface area contributed by atoms with Gasteiger partial charge in [0.25, 0.3) is 0 Å². The molecule has 1 aliphatic carbocycles. The van der Waals surface area contributed by atoms with Crippen molar-refractivity contribution < 1.29 is 9.59 Å². The molecule has 3 amide bonds. The van der Waals surface area contributed by atoms with Crippen molar-refractivity contribution in [3.63, 3.8) is 0 Å². The average Bonchev–Trinajstić information content (AvgIpc) is 3.44. The Balaban J connectivity index is 1.36. The molecule has 1 fully saturated rings. The van der Waals surface area contributed by atoms with Crippen LogP contribution in [0.15, 0.2) is 67.0 Å². The fourth-order valence-electron chi connectivity index (χ4n) is 4.14. The normalized spacial score (nSPS) is 14.7.